The molecule has 2 aromatic heterocycles. The van der Waals surface area contributed by atoms with Crippen LogP contribution in [0, 0.1) is 0 Å². The van der Waals surface area contributed by atoms with Crippen LogP contribution < -0.4 is 0 Å². The van der Waals surface area contributed by atoms with Crippen LogP contribution in [0.15, 0.2) is 70.9 Å². The SMILES string of the molecule is C1=C2C(=Cc3ccccc32)C(c2cccs2)(c2cccs2)C1. The largest absolute Gasteiger partial charge is 0.148 e. The van der Waals surface area contributed by atoms with Gasteiger partial charge < -0.3 is 0 Å². The summed E-state index contributed by atoms with van der Waals surface area (Å²) in [6.07, 6.45) is 5.92. The maximum atomic E-state index is 2.44. The molecule has 106 valence electrons. The van der Waals surface area contributed by atoms with Crippen molar-refractivity contribution in [3.05, 3.63) is 91.8 Å². The van der Waals surface area contributed by atoms with Gasteiger partial charge in [-0.1, -0.05) is 42.5 Å². The normalized spacial score (nSPS) is 17.8. The first kappa shape index (κ1) is 12.6. The zero-order valence-corrected chi connectivity index (χ0v) is 13.6. The molecule has 2 aliphatic carbocycles. The van der Waals surface area contributed by atoms with Gasteiger partial charge in [0, 0.05) is 9.75 Å². The molecule has 22 heavy (non-hydrogen) atoms. The second-order valence-electron chi connectivity index (χ2n) is 5.83. The summed E-state index contributed by atoms with van der Waals surface area (Å²) in [6.45, 7) is 0. The van der Waals surface area contributed by atoms with Crippen molar-refractivity contribution in [3.8, 4) is 0 Å². The van der Waals surface area contributed by atoms with Crippen LogP contribution in [0.4, 0.5) is 0 Å². The van der Waals surface area contributed by atoms with Crippen molar-refractivity contribution in [3.63, 3.8) is 0 Å². The van der Waals surface area contributed by atoms with E-state index < -0.39 is 0 Å². The maximum Gasteiger partial charge on any atom is 0.0679 e. The minimum atomic E-state index is 0.0245. The van der Waals surface area contributed by atoms with Crippen molar-refractivity contribution in [2.75, 3.05) is 0 Å². The number of benzene rings is 1. The Labute approximate surface area is 138 Å². The molecule has 0 aliphatic heterocycles. The van der Waals surface area contributed by atoms with Crippen LogP contribution in [0.3, 0.4) is 0 Å². The molecule has 3 aromatic rings. The van der Waals surface area contributed by atoms with E-state index in [1.165, 1.54) is 32.0 Å². The zero-order valence-electron chi connectivity index (χ0n) is 12.0. The lowest BCUT2D eigenvalue weighted by Gasteiger charge is -2.29. The maximum absolute atomic E-state index is 2.44. The smallest absolute Gasteiger partial charge is 0.0679 e. The number of hydrogen-bond acceptors (Lipinski definition) is 2. The van der Waals surface area contributed by atoms with E-state index in [9.17, 15) is 0 Å². The van der Waals surface area contributed by atoms with Crippen molar-refractivity contribution in [2.24, 2.45) is 0 Å². The van der Waals surface area contributed by atoms with Crippen molar-refractivity contribution in [1.82, 2.24) is 0 Å². The molecule has 0 unspecified atom stereocenters. The lowest BCUT2D eigenvalue weighted by Crippen LogP contribution is -2.24. The van der Waals surface area contributed by atoms with E-state index in [0.29, 0.717) is 0 Å². The van der Waals surface area contributed by atoms with Gasteiger partial charge in [0.15, 0.2) is 0 Å². The molecule has 0 nitrogen and oxygen atoms in total. The third-order valence-corrected chi connectivity index (χ3v) is 6.86. The Balaban J connectivity index is 1.78. The highest BCUT2D eigenvalue weighted by Gasteiger charge is 2.46. The molecule has 2 heterocycles. The summed E-state index contributed by atoms with van der Waals surface area (Å²) >= 11 is 3.75. The molecule has 5 rings (SSSR count). The fourth-order valence-corrected chi connectivity index (χ4v) is 5.81. The molecule has 0 bridgehead atoms. The Morgan fingerprint density at radius 1 is 0.818 bits per heavy atom. The summed E-state index contributed by atoms with van der Waals surface area (Å²) in [5.41, 5.74) is 5.71. The molecule has 0 N–H and O–H groups in total. The van der Waals surface area contributed by atoms with Crippen molar-refractivity contribution < 1.29 is 0 Å². The second-order valence-corrected chi connectivity index (χ2v) is 7.72. The Hall–Kier alpha value is -1.90. The van der Waals surface area contributed by atoms with Crippen LogP contribution in [0.2, 0.25) is 0 Å². The van der Waals surface area contributed by atoms with Gasteiger partial charge in [0.1, 0.15) is 0 Å². The summed E-state index contributed by atoms with van der Waals surface area (Å²) in [5.74, 6) is 0. The van der Waals surface area contributed by atoms with E-state index in [4.69, 9.17) is 0 Å². The average molecular weight is 318 g/mol. The molecule has 0 saturated heterocycles. The lowest BCUT2D eigenvalue weighted by molar-refractivity contribution is 0.686. The van der Waals surface area contributed by atoms with Gasteiger partial charge in [0.05, 0.1) is 5.41 Å². The van der Waals surface area contributed by atoms with Gasteiger partial charge in [-0.3, -0.25) is 0 Å². The van der Waals surface area contributed by atoms with Gasteiger partial charge in [-0.05, 0) is 57.7 Å². The Morgan fingerprint density at radius 3 is 2.23 bits per heavy atom. The molecule has 0 spiro atoms. The topological polar surface area (TPSA) is 0 Å². The monoisotopic (exact) mass is 318 g/mol. The number of rotatable bonds is 2. The first-order valence-corrected chi connectivity index (χ1v) is 9.25. The summed E-state index contributed by atoms with van der Waals surface area (Å²) < 4.78 is 0. The summed E-state index contributed by atoms with van der Waals surface area (Å²) in [5, 5.41) is 4.40. The molecule has 0 radical (unpaired) electrons. The van der Waals surface area contributed by atoms with Gasteiger partial charge in [0.2, 0.25) is 0 Å². The van der Waals surface area contributed by atoms with Gasteiger partial charge in [-0.15, -0.1) is 22.7 Å². The lowest BCUT2D eigenvalue weighted by atomic mass is 9.77. The first-order valence-electron chi connectivity index (χ1n) is 7.50. The number of fused-ring (bicyclic) bond motifs is 3. The average Bonchev–Trinajstić information content (AvgIpc) is 3.31. The molecule has 1 aromatic carbocycles. The third kappa shape index (κ3) is 1.52. The van der Waals surface area contributed by atoms with Crippen LogP contribution >= 0.6 is 22.7 Å². The van der Waals surface area contributed by atoms with E-state index >= 15 is 0 Å². The molecule has 2 heteroatoms. The fraction of sp³-hybridized carbons (Fsp3) is 0.100. The van der Waals surface area contributed by atoms with Gasteiger partial charge >= 0.3 is 0 Å². The second kappa shape index (κ2) is 4.55. The minimum absolute atomic E-state index is 0.0245. The molecule has 0 amide bonds. The molecule has 0 fully saturated rings. The molecule has 0 saturated carbocycles. The summed E-state index contributed by atoms with van der Waals surface area (Å²) in [7, 11) is 0. The highest BCUT2D eigenvalue weighted by atomic mass is 32.1. The van der Waals surface area contributed by atoms with E-state index in [-0.39, 0.29) is 5.41 Å². The number of allylic oxidation sites excluding steroid dienone is 3. The highest BCUT2D eigenvalue weighted by molar-refractivity contribution is 7.12. The van der Waals surface area contributed by atoms with E-state index in [2.05, 4.69) is 71.4 Å². The number of hydrogen-bond donors (Lipinski definition) is 0. The standard InChI is InChI=1S/C20H14S2/c1-2-6-15-14(5-1)13-17-16(15)9-10-20(17,18-7-3-11-21-18)19-8-4-12-22-19/h1-9,11-13H,10H2. The van der Waals surface area contributed by atoms with E-state index in [1.807, 2.05) is 22.7 Å². The summed E-state index contributed by atoms with van der Waals surface area (Å²) in [6, 6.07) is 17.7. The zero-order chi connectivity index (χ0) is 14.6. The molecule has 0 atom stereocenters. The predicted molar refractivity (Wildman–Crippen MR) is 96.4 cm³/mol. The van der Waals surface area contributed by atoms with Crippen molar-refractivity contribution >= 4 is 34.3 Å². The Kier molecular flexibility index (Phi) is 2.61. The first-order chi connectivity index (χ1) is 10.9. The van der Waals surface area contributed by atoms with Crippen molar-refractivity contribution in [2.45, 2.75) is 11.8 Å². The highest BCUT2D eigenvalue weighted by Crippen LogP contribution is 2.58. The predicted octanol–water partition coefficient (Wildman–Crippen LogP) is 5.98. The van der Waals surface area contributed by atoms with E-state index in [0.717, 1.165) is 6.42 Å². The van der Waals surface area contributed by atoms with Crippen LogP contribution in [0.5, 0.6) is 0 Å². The van der Waals surface area contributed by atoms with Crippen LogP contribution in [0.25, 0.3) is 11.6 Å². The number of thiophene rings is 2. The quantitative estimate of drug-likeness (QED) is 0.545. The fourth-order valence-electron chi connectivity index (χ4n) is 3.82. The van der Waals surface area contributed by atoms with Gasteiger partial charge in [-0.2, -0.15) is 0 Å². The van der Waals surface area contributed by atoms with Gasteiger partial charge in [0.25, 0.3) is 0 Å². The van der Waals surface area contributed by atoms with Crippen LogP contribution in [-0.4, -0.2) is 0 Å². The van der Waals surface area contributed by atoms with Crippen LogP contribution in [0.1, 0.15) is 27.3 Å². The minimum Gasteiger partial charge on any atom is -0.148 e. The Morgan fingerprint density at radius 2 is 1.55 bits per heavy atom. The van der Waals surface area contributed by atoms with Gasteiger partial charge in [-0.25, -0.2) is 0 Å². The Bertz CT molecular complexity index is 859. The van der Waals surface area contributed by atoms with Crippen molar-refractivity contribution in [1.29, 1.82) is 0 Å². The summed E-state index contributed by atoms with van der Waals surface area (Å²) in [4.78, 5) is 2.92. The molecular formula is C20H14S2. The van der Waals surface area contributed by atoms with E-state index in [1.54, 1.807) is 0 Å². The third-order valence-electron chi connectivity index (χ3n) is 4.80. The van der Waals surface area contributed by atoms with Crippen LogP contribution in [-0.2, 0) is 5.41 Å². The molecular weight excluding hydrogens is 304 g/mol. The molecule has 2 aliphatic rings.